The van der Waals surface area contributed by atoms with Crippen LogP contribution >= 0.6 is 0 Å². The highest BCUT2D eigenvalue weighted by Gasteiger charge is 2.27. The number of rotatable bonds is 5. The van der Waals surface area contributed by atoms with Gasteiger partial charge in [-0.2, -0.15) is 0 Å². The van der Waals surface area contributed by atoms with E-state index in [-0.39, 0.29) is 11.8 Å². The number of imide groups is 1. The summed E-state index contributed by atoms with van der Waals surface area (Å²) in [4.78, 5) is 24.6. The molecule has 4 nitrogen and oxygen atoms in total. The van der Waals surface area contributed by atoms with Crippen molar-refractivity contribution in [3.05, 3.63) is 12.3 Å². The molecule has 108 valence electrons. The zero-order valence-corrected chi connectivity index (χ0v) is 12.3. The maximum atomic E-state index is 11.7. The molecule has 0 atom stereocenters. The van der Waals surface area contributed by atoms with Gasteiger partial charge in [0.25, 0.3) is 0 Å². The van der Waals surface area contributed by atoms with Crippen molar-refractivity contribution in [1.82, 2.24) is 4.90 Å². The number of ether oxygens (including phenoxy) is 1. The molecule has 0 unspecified atom stereocenters. The minimum absolute atomic E-state index is 0.0732. The average molecular weight is 267 g/mol. The summed E-state index contributed by atoms with van der Waals surface area (Å²) in [5.74, 6) is 1.48. The molecule has 1 saturated carbocycles. The summed E-state index contributed by atoms with van der Waals surface area (Å²) in [7, 11) is 1.66. The Morgan fingerprint density at radius 2 is 1.84 bits per heavy atom. The van der Waals surface area contributed by atoms with Gasteiger partial charge in [0.1, 0.15) is 0 Å². The third kappa shape index (κ3) is 4.37. The monoisotopic (exact) mass is 267 g/mol. The fourth-order valence-corrected chi connectivity index (χ4v) is 2.69. The Balaban J connectivity index is 2.49. The Labute approximate surface area is 115 Å². The van der Waals surface area contributed by atoms with Crippen LogP contribution in [0.3, 0.4) is 0 Å². The van der Waals surface area contributed by atoms with E-state index in [4.69, 9.17) is 4.74 Å². The average Bonchev–Trinajstić information content (AvgIpc) is 2.43. The van der Waals surface area contributed by atoms with E-state index < -0.39 is 0 Å². The lowest BCUT2D eigenvalue weighted by molar-refractivity contribution is -0.144. The molecule has 2 amide bonds. The van der Waals surface area contributed by atoms with Crippen LogP contribution in [0.5, 0.6) is 0 Å². The molecule has 0 bridgehead atoms. The second-order valence-corrected chi connectivity index (χ2v) is 5.27. The van der Waals surface area contributed by atoms with Crippen LogP contribution in [0.4, 0.5) is 0 Å². The number of hydrogen-bond donors (Lipinski definition) is 0. The minimum atomic E-state index is -0.143. The maximum absolute atomic E-state index is 11.7. The van der Waals surface area contributed by atoms with Crippen molar-refractivity contribution in [2.45, 2.75) is 46.0 Å². The summed E-state index contributed by atoms with van der Waals surface area (Å²) in [5.41, 5.74) is 0. The van der Waals surface area contributed by atoms with Gasteiger partial charge < -0.3 is 4.74 Å². The summed E-state index contributed by atoms with van der Waals surface area (Å²) in [6, 6.07) is 0. The molecule has 19 heavy (non-hydrogen) atoms. The molecule has 1 rings (SSSR count). The molecule has 0 spiro atoms. The Morgan fingerprint density at radius 3 is 2.26 bits per heavy atom. The molecule has 0 aromatic rings. The van der Waals surface area contributed by atoms with Crippen molar-refractivity contribution in [2.24, 2.45) is 11.8 Å². The summed E-state index contributed by atoms with van der Waals surface area (Å²) in [5, 5.41) is 0. The first-order chi connectivity index (χ1) is 8.99. The van der Waals surface area contributed by atoms with Crippen LogP contribution in [0.1, 0.15) is 46.0 Å². The lowest BCUT2D eigenvalue weighted by atomic mass is 9.81. The molecule has 0 saturated heterocycles. The molecule has 0 aromatic heterocycles. The van der Waals surface area contributed by atoms with Gasteiger partial charge in [0.05, 0.1) is 12.9 Å². The van der Waals surface area contributed by atoms with Crippen molar-refractivity contribution < 1.29 is 14.3 Å². The number of amides is 2. The Morgan fingerprint density at radius 1 is 1.26 bits per heavy atom. The van der Waals surface area contributed by atoms with Crippen LogP contribution < -0.4 is 0 Å². The van der Waals surface area contributed by atoms with Crippen LogP contribution in [0, 0.1) is 11.8 Å². The van der Waals surface area contributed by atoms with Crippen molar-refractivity contribution in [2.75, 3.05) is 13.7 Å². The normalized spacial score (nSPS) is 22.7. The van der Waals surface area contributed by atoms with Crippen molar-refractivity contribution in [3.8, 4) is 0 Å². The molecule has 4 heteroatoms. The fourth-order valence-electron chi connectivity index (χ4n) is 2.69. The van der Waals surface area contributed by atoms with Gasteiger partial charge in [-0.1, -0.05) is 13.5 Å². The van der Waals surface area contributed by atoms with Gasteiger partial charge in [-0.15, -0.1) is 0 Å². The third-order valence-electron chi connectivity index (χ3n) is 3.99. The fraction of sp³-hybridized carbons (Fsp3) is 0.733. The Kier molecular flexibility index (Phi) is 6.06. The largest absolute Gasteiger partial charge is 0.501 e. The molecule has 0 aliphatic heterocycles. The molecule has 0 radical (unpaired) electrons. The SMILES string of the molecule is C=C(OC)C1CCC(CN(C(C)=O)C(=O)CC)CC1. The molecule has 1 aliphatic carbocycles. The topological polar surface area (TPSA) is 46.6 Å². The number of carbonyl (C=O) groups is 2. The lowest BCUT2D eigenvalue weighted by Gasteiger charge is -2.31. The number of nitrogens with zero attached hydrogens (tertiary/aromatic N) is 1. The third-order valence-corrected chi connectivity index (χ3v) is 3.99. The highest BCUT2D eigenvalue weighted by molar-refractivity contribution is 5.93. The van der Waals surface area contributed by atoms with E-state index in [1.54, 1.807) is 14.0 Å². The second kappa shape index (κ2) is 7.31. The first kappa shape index (κ1) is 15.7. The highest BCUT2D eigenvalue weighted by atomic mass is 16.5. The number of methoxy groups -OCH3 is 1. The number of carbonyl (C=O) groups excluding carboxylic acids is 2. The van der Waals surface area contributed by atoms with E-state index in [0.29, 0.717) is 24.8 Å². The molecule has 0 N–H and O–H groups in total. The Hall–Kier alpha value is -1.32. The highest BCUT2D eigenvalue weighted by Crippen LogP contribution is 2.33. The van der Waals surface area contributed by atoms with Gasteiger partial charge >= 0.3 is 0 Å². The van der Waals surface area contributed by atoms with Gasteiger partial charge in [-0.3, -0.25) is 14.5 Å². The summed E-state index contributed by atoms with van der Waals surface area (Å²) in [6.07, 6.45) is 4.49. The first-order valence-corrected chi connectivity index (χ1v) is 7.03. The second-order valence-electron chi connectivity index (χ2n) is 5.27. The van der Waals surface area contributed by atoms with Crippen LogP contribution in [-0.4, -0.2) is 30.4 Å². The summed E-state index contributed by atoms with van der Waals surface area (Å²) in [6.45, 7) is 7.73. The van der Waals surface area contributed by atoms with E-state index >= 15 is 0 Å². The standard InChI is InChI=1S/C15H25NO3/c1-5-15(18)16(12(3)17)10-13-6-8-14(9-7-13)11(2)19-4/h13-14H,2,5-10H2,1,3-4H3. The van der Waals surface area contributed by atoms with Gasteiger partial charge in [-0.05, 0) is 31.6 Å². The predicted molar refractivity (Wildman–Crippen MR) is 74.3 cm³/mol. The quantitative estimate of drug-likeness (QED) is 0.720. The van der Waals surface area contributed by atoms with E-state index in [9.17, 15) is 9.59 Å². The minimum Gasteiger partial charge on any atom is -0.501 e. The zero-order chi connectivity index (χ0) is 14.4. The number of allylic oxidation sites excluding steroid dienone is 1. The van der Waals surface area contributed by atoms with Crippen molar-refractivity contribution in [3.63, 3.8) is 0 Å². The van der Waals surface area contributed by atoms with E-state index in [1.807, 2.05) is 0 Å². The van der Waals surface area contributed by atoms with E-state index in [2.05, 4.69) is 6.58 Å². The van der Waals surface area contributed by atoms with Crippen molar-refractivity contribution in [1.29, 1.82) is 0 Å². The Bertz CT molecular complexity index is 343. The predicted octanol–water partition coefficient (Wildman–Crippen LogP) is 2.74. The van der Waals surface area contributed by atoms with E-state index in [1.165, 1.54) is 11.8 Å². The van der Waals surface area contributed by atoms with Crippen LogP contribution in [-0.2, 0) is 14.3 Å². The smallest absolute Gasteiger partial charge is 0.228 e. The lowest BCUT2D eigenvalue weighted by Crippen LogP contribution is -2.39. The summed E-state index contributed by atoms with van der Waals surface area (Å²) < 4.78 is 5.19. The van der Waals surface area contributed by atoms with Crippen LogP contribution in [0.25, 0.3) is 0 Å². The van der Waals surface area contributed by atoms with E-state index in [0.717, 1.165) is 31.4 Å². The zero-order valence-electron chi connectivity index (χ0n) is 12.3. The molecule has 1 fully saturated rings. The molecular formula is C15H25NO3. The molecule has 0 heterocycles. The first-order valence-electron chi connectivity index (χ1n) is 7.03. The van der Waals surface area contributed by atoms with Gasteiger partial charge in [0, 0.05) is 25.8 Å². The van der Waals surface area contributed by atoms with Crippen LogP contribution in [0.2, 0.25) is 0 Å². The van der Waals surface area contributed by atoms with Gasteiger partial charge in [0.2, 0.25) is 11.8 Å². The molecule has 1 aliphatic rings. The van der Waals surface area contributed by atoms with Crippen molar-refractivity contribution >= 4 is 11.8 Å². The summed E-state index contributed by atoms with van der Waals surface area (Å²) >= 11 is 0. The molecular weight excluding hydrogens is 242 g/mol. The molecule has 0 aromatic carbocycles. The van der Waals surface area contributed by atoms with Crippen LogP contribution in [0.15, 0.2) is 12.3 Å². The maximum Gasteiger partial charge on any atom is 0.228 e. The number of hydrogen-bond acceptors (Lipinski definition) is 3. The van der Waals surface area contributed by atoms with Gasteiger partial charge in [-0.25, -0.2) is 0 Å². The van der Waals surface area contributed by atoms with Gasteiger partial charge in [0.15, 0.2) is 0 Å².